The second-order valence-corrected chi connectivity index (χ2v) is 7.51. The first kappa shape index (κ1) is 19.2. The van der Waals surface area contributed by atoms with Crippen LogP contribution in [0.4, 0.5) is 11.4 Å². The van der Waals surface area contributed by atoms with Gasteiger partial charge in [0.2, 0.25) is 0 Å². The summed E-state index contributed by atoms with van der Waals surface area (Å²) in [5, 5.41) is 10.9. The average Bonchev–Trinajstić information content (AvgIpc) is 2.66. The van der Waals surface area contributed by atoms with Gasteiger partial charge in [-0.3, -0.25) is 14.8 Å². The quantitative estimate of drug-likeness (QED) is 0.495. The van der Waals surface area contributed by atoms with Crippen LogP contribution in [0.3, 0.4) is 0 Å². The van der Waals surface area contributed by atoms with E-state index in [9.17, 15) is 18.5 Å². The molecule has 1 N–H and O–H groups in total. The van der Waals surface area contributed by atoms with E-state index in [4.69, 9.17) is 4.74 Å². The highest BCUT2D eigenvalue weighted by Crippen LogP contribution is 2.26. The predicted octanol–water partition coefficient (Wildman–Crippen LogP) is 3.59. The minimum absolute atomic E-state index is 0.0829. The van der Waals surface area contributed by atoms with Crippen molar-refractivity contribution in [1.29, 1.82) is 0 Å². The molecule has 3 rings (SSSR count). The Hall–Kier alpha value is -3.53. The van der Waals surface area contributed by atoms with E-state index < -0.39 is 14.9 Å². The number of aryl methyl sites for hydroxylation is 2. The average molecular weight is 400 g/mol. The number of nitrogens with one attached hydrogen (secondary N) is 1. The topological polar surface area (TPSA) is 124 Å². The van der Waals surface area contributed by atoms with E-state index >= 15 is 0 Å². The standard InChI is InChI=1S/C18H16N4O5S/c1-12-17(13(2)20-18(19-12)27-15-8-4-3-5-9-15)21-28(25,26)16-10-6-7-14(11-16)22(23)24/h3-11,21H,1-2H3. The van der Waals surface area contributed by atoms with Crippen molar-refractivity contribution in [2.45, 2.75) is 18.7 Å². The van der Waals surface area contributed by atoms with E-state index in [1.165, 1.54) is 18.2 Å². The van der Waals surface area contributed by atoms with Crippen LogP contribution in [0.2, 0.25) is 0 Å². The summed E-state index contributed by atoms with van der Waals surface area (Å²) in [6.07, 6.45) is 0. The summed E-state index contributed by atoms with van der Waals surface area (Å²) < 4.78 is 33.2. The van der Waals surface area contributed by atoms with Crippen LogP contribution in [0.1, 0.15) is 11.4 Å². The van der Waals surface area contributed by atoms with Gasteiger partial charge in [0.05, 0.1) is 26.9 Å². The van der Waals surface area contributed by atoms with E-state index in [-0.39, 0.29) is 22.3 Å². The van der Waals surface area contributed by atoms with E-state index in [2.05, 4.69) is 14.7 Å². The molecule has 144 valence electrons. The number of ether oxygens (including phenoxy) is 1. The molecule has 3 aromatic rings. The molecule has 28 heavy (non-hydrogen) atoms. The minimum Gasteiger partial charge on any atom is -0.424 e. The molecular weight excluding hydrogens is 384 g/mol. The number of anilines is 1. The maximum Gasteiger partial charge on any atom is 0.322 e. The number of sulfonamides is 1. The SMILES string of the molecule is Cc1nc(Oc2ccccc2)nc(C)c1NS(=O)(=O)c1cccc([N+](=O)[O-])c1. The molecule has 0 spiro atoms. The van der Waals surface area contributed by atoms with Gasteiger partial charge in [0.1, 0.15) is 5.75 Å². The van der Waals surface area contributed by atoms with Gasteiger partial charge in [-0.25, -0.2) is 8.42 Å². The first-order valence-electron chi connectivity index (χ1n) is 8.12. The lowest BCUT2D eigenvalue weighted by Gasteiger charge is -2.13. The zero-order chi connectivity index (χ0) is 20.3. The lowest BCUT2D eigenvalue weighted by Crippen LogP contribution is -2.16. The van der Waals surface area contributed by atoms with Gasteiger partial charge in [0.25, 0.3) is 15.7 Å². The summed E-state index contributed by atoms with van der Waals surface area (Å²) in [5.41, 5.74) is 0.575. The number of nitro benzene ring substituents is 1. The molecule has 9 nitrogen and oxygen atoms in total. The van der Waals surface area contributed by atoms with Crippen molar-refractivity contribution in [3.05, 3.63) is 76.1 Å². The molecule has 0 saturated carbocycles. The van der Waals surface area contributed by atoms with Crippen LogP contribution < -0.4 is 9.46 Å². The Morgan fingerprint density at radius 1 is 1.00 bits per heavy atom. The number of benzene rings is 2. The minimum atomic E-state index is -4.06. The maximum absolute atomic E-state index is 12.6. The van der Waals surface area contributed by atoms with Crippen molar-refractivity contribution in [2.75, 3.05) is 4.72 Å². The van der Waals surface area contributed by atoms with Crippen molar-refractivity contribution in [1.82, 2.24) is 9.97 Å². The summed E-state index contributed by atoms with van der Waals surface area (Å²) in [6, 6.07) is 13.8. The number of para-hydroxylation sites is 1. The van der Waals surface area contributed by atoms with Gasteiger partial charge in [-0.1, -0.05) is 24.3 Å². The number of hydrogen-bond donors (Lipinski definition) is 1. The summed E-state index contributed by atoms with van der Waals surface area (Å²) in [7, 11) is -4.06. The van der Waals surface area contributed by atoms with Crippen LogP contribution in [-0.2, 0) is 10.0 Å². The fourth-order valence-electron chi connectivity index (χ4n) is 2.43. The van der Waals surface area contributed by atoms with Gasteiger partial charge in [-0.15, -0.1) is 0 Å². The van der Waals surface area contributed by atoms with Crippen LogP contribution in [-0.4, -0.2) is 23.3 Å². The number of nitro groups is 1. The number of hydrogen-bond acceptors (Lipinski definition) is 7. The van der Waals surface area contributed by atoms with Crippen molar-refractivity contribution >= 4 is 21.4 Å². The molecular formula is C18H16N4O5S. The van der Waals surface area contributed by atoms with E-state index in [0.29, 0.717) is 17.1 Å². The number of aromatic nitrogens is 2. The molecule has 0 unspecified atom stereocenters. The van der Waals surface area contributed by atoms with Crippen LogP contribution in [0.15, 0.2) is 59.5 Å². The molecule has 0 amide bonds. The Kier molecular flexibility index (Phi) is 5.23. The Bertz CT molecular complexity index is 1110. The zero-order valence-corrected chi connectivity index (χ0v) is 15.8. The summed E-state index contributed by atoms with van der Waals surface area (Å²) in [5.74, 6) is 0.547. The fourth-order valence-corrected chi connectivity index (χ4v) is 3.65. The Balaban J connectivity index is 1.89. The highest BCUT2D eigenvalue weighted by atomic mass is 32.2. The predicted molar refractivity (Wildman–Crippen MR) is 102 cm³/mol. The molecule has 1 aromatic heterocycles. The van der Waals surface area contributed by atoms with Gasteiger partial charge < -0.3 is 4.74 Å². The van der Waals surface area contributed by atoms with Crippen LogP contribution in [0, 0.1) is 24.0 Å². The molecule has 0 radical (unpaired) electrons. The summed E-state index contributed by atoms with van der Waals surface area (Å²) in [6.45, 7) is 3.22. The van der Waals surface area contributed by atoms with Crippen molar-refractivity contribution in [3.8, 4) is 11.8 Å². The third kappa shape index (κ3) is 4.23. The van der Waals surface area contributed by atoms with Crippen LogP contribution in [0.25, 0.3) is 0 Å². The Labute approximate surface area is 161 Å². The third-order valence-corrected chi connectivity index (χ3v) is 5.13. The number of non-ortho nitro benzene ring substituents is 1. The fraction of sp³-hybridized carbons (Fsp3) is 0.111. The molecule has 1 heterocycles. The van der Waals surface area contributed by atoms with Crippen molar-refractivity contribution in [2.24, 2.45) is 0 Å². The second kappa shape index (κ2) is 7.61. The normalized spacial score (nSPS) is 11.1. The lowest BCUT2D eigenvalue weighted by atomic mass is 10.3. The maximum atomic E-state index is 12.6. The molecule has 0 fully saturated rings. The molecule has 0 atom stereocenters. The molecule has 0 saturated heterocycles. The van der Waals surface area contributed by atoms with E-state index in [1.54, 1.807) is 38.1 Å². The molecule has 0 bridgehead atoms. The number of rotatable bonds is 6. The highest BCUT2D eigenvalue weighted by molar-refractivity contribution is 7.92. The molecule has 0 aliphatic rings. The smallest absolute Gasteiger partial charge is 0.322 e. The Morgan fingerprint density at radius 2 is 1.64 bits per heavy atom. The van der Waals surface area contributed by atoms with Gasteiger partial charge in [0.15, 0.2) is 0 Å². The van der Waals surface area contributed by atoms with Gasteiger partial charge in [0, 0.05) is 12.1 Å². The van der Waals surface area contributed by atoms with Crippen LogP contribution in [0.5, 0.6) is 11.8 Å². The first-order chi connectivity index (χ1) is 13.3. The molecule has 0 aliphatic heterocycles. The second-order valence-electron chi connectivity index (χ2n) is 5.83. The van der Waals surface area contributed by atoms with Crippen molar-refractivity contribution in [3.63, 3.8) is 0 Å². The van der Waals surface area contributed by atoms with Gasteiger partial charge in [-0.2, -0.15) is 9.97 Å². The zero-order valence-electron chi connectivity index (χ0n) is 15.0. The summed E-state index contributed by atoms with van der Waals surface area (Å²) >= 11 is 0. The summed E-state index contributed by atoms with van der Waals surface area (Å²) in [4.78, 5) is 18.4. The number of nitrogens with zero attached hydrogens (tertiary/aromatic N) is 3. The molecule has 2 aromatic carbocycles. The van der Waals surface area contributed by atoms with E-state index in [0.717, 1.165) is 6.07 Å². The first-order valence-corrected chi connectivity index (χ1v) is 9.60. The largest absolute Gasteiger partial charge is 0.424 e. The monoisotopic (exact) mass is 400 g/mol. The molecule has 0 aliphatic carbocycles. The Morgan fingerprint density at radius 3 is 2.25 bits per heavy atom. The van der Waals surface area contributed by atoms with Gasteiger partial charge in [-0.05, 0) is 32.0 Å². The van der Waals surface area contributed by atoms with Crippen LogP contribution >= 0.6 is 0 Å². The van der Waals surface area contributed by atoms with Gasteiger partial charge >= 0.3 is 6.01 Å². The molecule has 10 heteroatoms. The third-order valence-electron chi connectivity index (χ3n) is 3.78. The van der Waals surface area contributed by atoms with Crippen molar-refractivity contribution < 1.29 is 18.1 Å². The highest BCUT2D eigenvalue weighted by Gasteiger charge is 2.21. The van der Waals surface area contributed by atoms with E-state index in [1.807, 2.05) is 6.07 Å². The lowest BCUT2D eigenvalue weighted by molar-refractivity contribution is -0.385.